The number of halogens is 2. The van der Waals surface area contributed by atoms with E-state index < -0.39 is 0 Å². The lowest BCUT2D eigenvalue weighted by molar-refractivity contribution is 0.338. The molecule has 0 aliphatic rings. The van der Waals surface area contributed by atoms with E-state index in [1.807, 2.05) is 31.2 Å². The Bertz CT molecular complexity index is 577. The van der Waals surface area contributed by atoms with Gasteiger partial charge in [-0.3, -0.25) is 4.98 Å². The summed E-state index contributed by atoms with van der Waals surface area (Å²) in [6.45, 7) is 2.53. The molecule has 1 heterocycles. The summed E-state index contributed by atoms with van der Waals surface area (Å²) in [6, 6.07) is 7.15. The zero-order chi connectivity index (χ0) is 13.8. The van der Waals surface area contributed by atoms with Crippen LogP contribution in [0, 0.1) is 0 Å². The Balaban J connectivity index is 2.35. The van der Waals surface area contributed by atoms with Gasteiger partial charge < -0.3 is 10.5 Å². The zero-order valence-corrected chi connectivity index (χ0v) is 12.8. The van der Waals surface area contributed by atoms with Crippen molar-refractivity contribution in [3.8, 4) is 5.75 Å². The summed E-state index contributed by atoms with van der Waals surface area (Å²) in [6.07, 6.45) is 3.41. The van der Waals surface area contributed by atoms with E-state index >= 15 is 0 Å². The molecule has 3 nitrogen and oxygen atoms in total. The molecule has 2 N–H and O–H groups in total. The first-order chi connectivity index (χ1) is 9.11. The summed E-state index contributed by atoms with van der Waals surface area (Å²) in [4.78, 5) is 4.15. The van der Waals surface area contributed by atoms with Crippen LogP contribution >= 0.6 is 27.5 Å². The Morgan fingerprint density at radius 3 is 2.89 bits per heavy atom. The minimum Gasteiger partial charge on any atom is -0.492 e. The predicted molar refractivity (Wildman–Crippen MR) is 80.6 cm³/mol. The highest BCUT2D eigenvalue weighted by molar-refractivity contribution is 9.10. The summed E-state index contributed by atoms with van der Waals surface area (Å²) in [5, 5.41) is 0.655. The van der Waals surface area contributed by atoms with Crippen LogP contribution in [0.15, 0.2) is 41.1 Å². The Labute approximate surface area is 125 Å². The number of nitrogens with zero attached hydrogens (tertiary/aromatic N) is 1. The van der Waals surface area contributed by atoms with Crippen LogP contribution in [-0.4, -0.2) is 11.6 Å². The van der Waals surface area contributed by atoms with Crippen LogP contribution < -0.4 is 10.5 Å². The van der Waals surface area contributed by atoms with E-state index in [0.717, 1.165) is 15.6 Å². The first-order valence-corrected chi connectivity index (χ1v) is 7.07. The molecule has 0 saturated heterocycles. The van der Waals surface area contributed by atoms with Gasteiger partial charge in [0.25, 0.3) is 0 Å². The molecule has 0 spiro atoms. The van der Waals surface area contributed by atoms with Crippen molar-refractivity contribution in [2.24, 2.45) is 5.73 Å². The van der Waals surface area contributed by atoms with E-state index in [1.165, 1.54) is 0 Å². The standard InChI is InChI=1S/C14H14BrClN2O/c1-2-19-11-5-9(7-18-8-11)14(17)12-6-10(16)3-4-13(12)15/h3-8,14H,2,17H2,1H3. The van der Waals surface area contributed by atoms with Crippen molar-refractivity contribution in [1.82, 2.24) is 4.98 Å². The summed E-state index contributed by atoms with van der Waals surface area (Å²) < 4.78 is 6.35. The number of nitrogens with two attached hydrogens (primary N) is 1. The van der Waals surface area contributed by atoms with Crippen molar-refractivity contribution in [1.29, 1.82) is 0 Å². The largest absolute Gasteiger partial charge is 0.492 e. The third-order valence-electron chi connectivity index (χ3n) is 2.70. The molecule has 0 bridgehead atoms. The maximum Gasteiger partial charge on any atom is 0.137 e. The number of ether oxygens (including phenoxy) is 1. The molecular weight excluding hydrogens is 328 g/mol. The fourth-order valence-electron chi connectivity index (χ4n) is 1.78. The van der Waals surface area contributed by atoms with Gasteiger partial charge in [-0.15, -0.1) is 0 Å². The summed E-state index contributed by atoms with van der Waals surface area (Å²) in [7, 11) is 0. The number of benzene rings is 1. The van der Waals surface area contributed by atoms with E-state index in [4.69, 9.17) is 22.1 Å². The van der Waals surface area contributed by atoms with Crippen LogP contribution in [0.1, 0.15) is 24.1 Å². The topological polar surface area (TPSA) is 48.1 Å². The average Bonchev–Trinajstić information content (AvgIpc) is 2.41. The normalized spacial score (nSPS) is 12.2. The summed E-state index contributed by atoms with van der Waals surface area (Å²) in [5.74, 6) is 0.716. The van der Waals surface area contributed by atoms with Gasteiger partial charge in [0.15, 0.2) is 0 Å². The second-order valence-electron chi connectivity index (χ2n) is 4.03. The maximum absolute atomic E-state index is 6.27. The van der Waals surface area contributed by atoms with E-state index in [1.54, 1.807) is 12.4 Å². The fourth-order valence-corrected chi connectivity index (χ4v) is 2.46. The fraction of sp³-hybridized carbons (Fsp3) is 0.214. The van der Waals surface area contributed by atoms with Crippen molar-refractivity contribution in [3.63, 3.8) is 0 Å². The van der Waals surface area contributed by atoms with Crippen molar-refractivity contribution in [2.75, 3.05) is 6.61 Å². The molecule has 0 aliphatic heterocycles. The number of hydrogen-bond acceptors (Lipinski definition) is 3. The molecule has 0 saturated carbocycles. The second kappa shape index (κ2) is 6.37. The van der Waals surface area contributed by atoms with Gasteiger partial charge in [-0.05, 0) is 42.3 Å². The second-order valence-corrected chi connectivity index (χ2v) is 5.32. The average molecular weight is 342 g/mol. The SMILES string of the molecule is CCOc1cncc(C(N)c2cc(Cl)ccc2Br)c1. The Morgan fingerprint density at radius 2 is 2.16 bits per heavy atom. The first-order valence-electron chi connectivity index (χ1n) is 5.90. The molecule has 0 amide bonds. The van der Waals surface area contributed by atoms with Crippen LogP contribution in [0.4, 0.5) is 0 Å². The minimum absolute atomic E-state index is 0.305. The molecule has 19 heavy (non-hydrogen) atoms. The maximum atomic E-state index is 6.27. The zero-order valence-electron chi connectivity index (χ0n) is 10.4. The van der Waals surface area contributed by atoms with Crippen LogP contribution in [0.25, 0.3) is 0 Å². The van der Waals surface area contributed by atoms with Gasteiger partial charge in [0.1, 0.15) is 5.75 Å². The van der Waals surface area contributed by atoms with E-state index in [9.17, 15) is 0 Å². The molecule has 5 heteroatoms. The molecule has 1 unspecified atom stereocenters. The summed E-state index contributed by atoms with van der Waals surface area (Å²) in [5.41, 5.74) is 8.07. The Hall–Kier alpha value is -1.10. The molecule has 0 radical (unpaired) electrons. The van der Waals surface area contributed by atoms with Crippen LogP contribution in [-0.2, 0) is 0 Å². The van der Waals surface area contributed by atoms with Crippen LogP contribution in [0.3, 0.4) is 0 Å². The molecule has 2 aromatic rings. The van der Waals surface area contributed by atoms with E-state index in [-0.39, 0.29) is 6.04 Å². The molecular formula is C14H14BrClN2O. The van der Waals surface area contributed by atoms with E-state index in [0.29, 0.717) is 17.4 Å². The highest BCUT2D eigenvalue weighted by atomic mass is 79.9. The number of hydrogen-bond donors (Lipinski definition) is 1. The van der Waals surface area contributed by atoms with Crippen molar-refractivity contribution < 1.29 is 4.74 Å². The third-order valence-corrected chi connectivity index (χ3v) is 3.65. The van der Waals surface area contributed by atoms with Gasteiger partial charge >= 0.3 is 0 Å². The van der Waals surface area contributed by atoms with Gasteiger partial charge in [0, 0.05) is 15.7 Å². The predicted octanol–water partition coefficient (Wildman–Crippen LogP) is 3.94. The van der Waals surface area contributed by atoms with Gasteiger partial charge in [-0.2, -0.15) is 0 Å². The lowest BCUT2D eigenvalue weighted by Gasteiger charge is -2.15. The van der Waals surface area contributed by atoms with Crippen molar-refractivity contribution in [3.05, 3.63) is 57.3 Å². The quantitative estimate of drug-likeness (QED) is 0.916. The molecule has 100 valence electrons. The van der Waals surface area contributed by atoms with E-state index in [2.05, 4.69) is 20.9 Å². The van der Waals surface area contributed by atoms with Gasteiger partial charge in [0.05, 0.1) is 18.8 Å². The number of aromatic nitrogens is 1. The Morgan fingerprint density at radius 1 is 1.37 bits per heavy atom. The third kappa shape index (κ3) is 3.47. The monoisotopic (exact) mass is 340 g/mol. The van der Waals surface area contributed by atoms with Crippen molar-refractivity contribution >= 4 is 27.5 Å². The number of rotatable bonds is 4. The number of pyridine rings is 1. The van der Waals surface area contributed by atoms with Gasteiger partial charge in [-0.1, -0.05) is 27.5 Å². The van der Waals surface area contributed by atoms with Crippen LogP contribution in [0.2, 0.25) is 5.02 Å². The molecule has 0 fully saturated rings. The lowest BCUT2D eigenvalue weighted by Crippen LogP contribution is -2.13. The highest BCUT2D eigenvalue weighted by Gasteiger charge is 2.14. The van der Waals surface area contributed by atoms with Crippen LogP contribution in [0.5, 0.6) is 5.75 Å². The molecule has 2 rings (SSSR count). The molecule has 1 atom stereocenters. The molecule has 1 aromatic carbocycles. The van der Waals surface area contributed by atoms with Crippen molar-refractivity contribution in [2.45, 2.75) is 13.0 Å². The summed E-state index contributed by atoms with van der Waals surface area (Å²) >= 11 is 9.50. The smallest absolute Gasteiger partial charge is 0.137 e. The lowest BCUT2D eigenvalue weighted by atomic mass is 10.0. The molecule has 0 aliphatic carbocycles. The van der Waals surface area contributed by atoms with Gasteiger partial charge in [0.2, 0.25) is 0 Å². The Kier molecular flexibility index (Phi) is 4.80. The van der Waals surface area contributed by atoms with Gasteiger partial charge in [-0.25, -0.2) is 0 Å². The first kappa shape index (κ1) is 14.3. The minimum atomic E-state index is -0.305. The highest BCUT2D eigenvalue weighted by Crippen LogP contribution is 2.30. The molecule has 1 aromatic heterocycles.